The Morgan fingerprint density at radius 1 is 0.576 bits per heavy atom. The molecule has 2 aliphatic heterocycles. The van der Waals surface area contributed by atoms with E-state index >= 15 is 0 Å². The summed E-state index contributed by atoms with van der Waals surface area (Å²) >= 11 is 0. The number of aryl methyl sites for hydroxylation is 2. The number of aliphatic hydroxyl groups is 1. The lowest BCUT2D eigenvalue weighted by Gasteiger charge is -2.25. The van der Waals surface area contributed by atoms with Crippen molar-refractivity contribution in [3.8, 4) is 68.9 Å². The van der Waals surface area contributed by atoms with E-state index in [-0.39, 0.29) is 35.7 Å². The van der Waals surface area contributed by atoms with Crippen molar-refractivity contribution < 1.29 is 66.1 Å². The van der Waals surface area contributed by atoms with Crippen molar-refractivity contribution in [3.05, 3.63) is 211 Å². The maximum absolute atomic E-state index is 13.5. The maximum Gasteiger partial charge on any atom is 0.335 e. The summed E-state index contributed by atoms with van der Waals surface area (Å²) in [5.41, 5.74) is -2.49. The van der Waals surface area contributed by atoms with E-state index in [4.69, 9.17) is 42.6 Å². The second-order valence-electron chi connectivity index (χ2n) is 21.3. The summed E-state index contributed by atoms with van der Waals surface area (Å²) in [6.45, 7) is 7.27. The van der Waals surface area contributed by atoms with Crippen LogP contribution in [0.1, 0.15) is 41.5 Å². The van der Waals surface area contributed by atoms with Gasteiger partial charge in [-0.05, 0) is 130 Å². The molecule has 0 bridgehead atoms. The first-order valence-corrected chi connectivity index (χ1v) is 28.7. The Labute approximate surface area is 520 Å². The van der Waals surface area contributed by atoms with Gasteiger partial charge < -0.3 is 62.9 Å². The van der Waals surface area contributed by atoms with Gasteiger partial charge in [-0.15, -0.1) is 0 Å². The number of rotatable bonds is 18. The predicted molar refractivity (Wildman–Crippen MR) is 333 cm³/mol. The normalized spacial score (nSPS) is 12.3. The number of hydrogen-bond acceptors (Lipinski definition) is 18. The van der Waals surface area contributed by atoms with Gasteiger partial charge in [0.2, 0.25) is 11.5 Å². The third kappa shape index (κ3) is 13.5. The summed E-state index contributed by atoms with van der Waals surface area (Å²) in [5.74, 6) is 1.86. The van der Waals surface area contributed by atoms with Gasteiger partial charge in [0.25, 0.3) is 22.9 Å². The van der Waals surface area contributed by atoms with Crippen LogP contribution in [0.15, 0.2) is 165 Å². The van der Waals surface area contributed by atoms with Crippen molar-refractivity contribution in [2.45, 2.75) is 32.9 Å². The van der Waals surface area contributed by atoms with Crippen molar-refractivity contribution >= 4 is 45.0 Å². The van der Waals surface area contributed by atoms with E-state index in [1.165, 1.54) is 42.1 Å². The highest BCUT2D eigenvalue weighted by Crippen LogP contribution is 2.50. The number of fused-ring (bicyclic) bond motifs is 6. The molecule has 0 atom stereocenters. The van der Waals surface area contributed by atoms with Crippen LogP contribution in [0.3, 0.4) is 0 Å². The van der Waals surface area contributed by atoms with E-state index in [0.717, 1.165) is 44.2 Å². The molecule has 12 rings (SSSR count). The lowest BCUT2D eigenvalue weighted by atomic mass is 10.1. The van der Waals surface area contributed by atoms with Gasteiger partial charge in [-0.2, -0.15) is 0 Å². The average molecular weight is 1260 g/mol. The Morgan fingerprint density at radius 2 is 1.01 bits per heavy atom. The molecule has 2 aliphatic rings. The molecule has 0 fully saturated rings. The van der Waals surface area contributed by atoms with Crippen molar-refractivity contribution in [1.82, 2.24) is 28.2 Å². The summed E-state index contributed by atoms with van der Waals surface area (Å²) in [7, 11) is 3.00. The molecule has 6 heterocycles. The van der Waals surface area contributed by atoms with Gasteiger partial charge in [-0.25, -0.2) is 27.5 Å². The zero-order chi connectivity index (χ0) is 64.8. The van der Waals surface area contributed by atoms with Crippen molar-refractivity contribution in [2.75, 3.05) is 64.0 Å². The molecule has 10 aromatic rings. The summed E-state index contributed by atoms with van der Waals surface area (Å²) in [6.07, 6.45) is 5.55. The van der Waals surface area contributed by atoms with Crippen LogP contribution >= 0.6 is 0 Å². The van der Waals surface area contributed by atoms with E-state index in [2.05, 4.69) is 20.6 Å². The molecule has 0 aliphatic carbocycles. The fourth-order valence-corrected chi connectivity index (χ4v) is 9.73. The number of ether oxygens (including phenoxy) is 9. The Morgan fingerprint density at radius 3 is 1.46 bits per heavy atom. The number of halogens is 2. The number of benzene rings is 6. The molecule has 3 N–H and O–H groups in total. The first-order valence-electron chi connectivity index (χ1n) is 28.7. The van der Waals surface area contributed by atoms with E-state index in [9.17, 15) is 42.7 Å². The number of anilines is 2. The number of carbonyl (C=O) groups excluding carboxylic acids is 2. The number of nitrogens with zero attached hydrogens (tertiary/aromatic N) is 6. The first kappa shape index (κ1) is 62.2. The molecule has 0 saturated heterocycles. The zero-order valence-electron chi connectivity index (χ0n) is 50.0. The molecular weight excluding hydrogens is 1200 g/mol. The van der Waals surface area contributed by atoms with E-state index < -0.39 is 51.5 Å². The molecule has 0 spiro atoms. The number of methoxy groups -OCH3 is 1. The van der Waals surface area contributed by atoms with Crippen LogP contribution in [0, 0.1) is 11.6 Å². The van der Waals surface area contributed by atoms with E-state index in [0.29, 0.717) is 130 Å². The standard InChI is InChI=1S/2C33H29FN4O8/c1-33(2,42)18-45-26-16-24-27(29-28(26)43-14-15-44-29)25(12-13-35-24)46-22-10-6-20(7-11-22)36-30(39)23-17-37(3)32(41)38(31(23)40)21-8-4-19(34)5-9-21;1-3-37-19-24(32(40)38(33(37)41)22-8-4-20(34)5-9-22)31(39)36-21-6-10-23(11-7-21)46-26-12-13-35-25-18-27(43-15-14-42-2)29-30(28(25)26)45-17-16-44-29/h4-13,16-17,42H,14-15,18H2,1-3H3,(H,36,39);4-13,18-19H,3,14-17H2,1-2H3,(H,36,39). The van der Waals surface area contributed by atoms with Gasteiger partial charge in [0.15, 0.2) is 23.0 Å². The SMILES string of the molecule is CCn1cc(C(=O)Nc2ccc(Oc3ccnc4cc(OCCOC)c5c(c34)OCCO5)cc2)c(=O)n(-c2ccc(F)cc2)c1=O.Cn1cc(C(=O)Nc2ccc(Oc3ccnc4cc(OCC(C)(C)O)c5c(c34)OCCO5)cc2)c(=O)n(-c2ccc(F)cc2)c1=O. The second-order valence-corrected chi connectivity index (χ2v) is 21.3. The van der Waals surface area contributed by atoms with Crippen LogP contribution in [0.2, 0.25) is 0 Å². The van der Waals surface area contributed by atoms with Crippen LogP contribution in [-0.4, -0.2) is 104 Å². The lowest BCUT2D eigenvalue weighted by molar-refractivity contribution is 0.0265. The zero-order valence-corrected chi connectivity index (χ0v) is 50.0. The molecule has 0 saturated carbocycles. The molecule has 6 aromatic carbocycles. The molecule has 0 unspecified atom stereocenters. The van der Waals surface area contributed by atoms with Gasteiger partial charge >= 0.3 is 11.4 Å². The minimum Gasteiger partial charge on any atom is -0.487 e. The van der Waals surface area contributed by atoms with Crippen LogP contribution < -0.4 is 71.0 Å². The van der Waals surface area contributed by atoms with Crippen LogP contribution in [-0.2, 0) is 18.3 Å². The lowest BCUT2D eigenvalue weighted by Crippen LogP contribution is -2.42. The minimum absolute atomic E-state index is 0.0279. The van der Waals surface area contributed by atoms with Crippen LogP contribution in [0.25, 0.3) is 33.2 Å². The second kappa shape index (κ2) is 26.8. The van der Waals surface area contributed by atoms with Crippen molar-refractivity contribution in [1.29, 1.82) is 0 Å². The number of carbonyl (C=O) groups is 2. The van der Waals surface area contributed by atoms with Crippen LogP contribution in [0.5, 0.6) is 57.5 Å². The van der Waals surface area contributed by atoms with E-state index in [1.54, 1.807) is 113 Å². The van der Waals surface area contributed by atoms with Gasteiger partial charge in [-0.1, -0.05) is 0 Å². The Bertz CT molecular complexity index is 4680. The van der Waals surface area contributed by atoms with Crippen molar-refractivity contribution in [3.63, 3.8) is 0 Å². The topological polar surface area (TPSA) is 275 Å². The number of hydrogen-bond donors (Lipinski definition) is 3. The van der Waals surface area contributed by atoms with Crippen molar-refractivity contribution in [2.24, 2.45) is 7.05 Å². The number of pyridine rings is 2. The number of nitrogens with one attached hydrogen (secondary N) is 2. The molecule has 0 radical (unpaired) electrons. The van der Waals surface area contributed by atoms with Crippen LogP contribution in [0.4, 0.5) is 20.2 Å². The third-order valence-electron chi connectivity index (χ3n) is 14.1. The predicted octanol–water partition coefficient (Wildman–Crippen LogP) is 8.74. The smallest absolute Gasteiger partial charge is 0.335 e. The highest BCUT2D eigenvalue weighted by molar-refractivity contribution is 6.05. The van der Waals surface area contributed by atoms with Gasteiger partial charge in [0.05, 0.1) is 45.4 Å². The maximum atomic E-state index is 13.5. The summed E-state index contributed by atoms with van der Waals surface area (Å²) in [5, 5.41) is 16.7. The summed E-state index contributed by atoms with van der Waals surface area (Å²) < 4.78 is 83.8. The number of amides is 2. The summed E-state index contributed by atoms with van der Waals surface area (Å²) in [4.78, 5) is 87.3. The third-order valence-corrected chi connectivity index (χ3v) is 14.1. The van der Waals surface area contributed by atoms with Gasteiger partial charge in [-0.3, -0.25) is 33.7 Å². The van der Waals surface area contributed by atoms with E-state index in [1.807, 2.05) is 0 Å². The fourth-order valence-electron chi connectivity index (χ4n) is 9.73. The Kier molecular flexibility index (Phi) is 18.1. The Hall–Kier alpha value is -11.4. The molecule has 472 valence electrons. The molecule has 92 heavy (non-hydrogen) atoms. The summed E-state index contributed by atoms with van der Waals surface area (Å²) in [6, 6.07) is 29.5. The molecule has 26 heteroatoms. The fraction of sp³-hybridized carbons (Fsp3) is 0.212. The van der Waals surface area contributed by atoms with Gasteiger partial charge in [0.1, 0.15) is 85.4 Å². The Balaban J connectivity index is 0.000000188. The number of aromatic nitrogens is 6. The largest absolute Gasteiger partial charge is 0.487 e. The molecular formula is C66H58F2N8O16. The monoisotopic (exact) mass is 1260 g/mol. The van der Waals surface area contributed by atoms with Gasteiger partial charge in [0, 0.05) is 69.0 Å². The minimum atomic E-state index is -1.07. The highest BCUT2D eigenvalue weighted by Gasteiger charge is 2.28. The molecule has 4 aromatic heterocycles. The first-order chi connectivity index (χ1) is 44.4. The quantitative estimate of drug-likeness (QED) is 0.0677. The molecule has 2 amide bonds. The highest BCUT2D eigenvalue weighted by atomic mass is 19.1. The molecule has 24 nitrogen and oxygen atoms in total. The average Bonchev–Trinajstić information content (AvgIpc) is 0.812.